The van der Waals surface area contributed by atoms with Crippen LogP contribution in [0.4, 0.5) is 4.79 Å². The van der Waals surface area contributed by atoms with Crippen molar-refractivity contribution in [3.05, 3.63) is 37.4 Å². The molecule has 12 heteroatoms. The summed E-state index contributed by atoms with van der Waals surface area (Å²) in [5, 5.41) is 4.97. The average Bonchev–Trinajstić information content (AvgIpc) is 2.95. The first-order valence-corrected chi connectivity index (χ1v) is 8.39. The zero-order valence-electron chi connectivity index (χ0n) is 14.8. The summed E-state index contributed by atoms with van der Waals surface area (Å²) in [7, 11) is 2.80. The zero-order chi connectivity index (χ0) is 19.9. The van der Waals surface area contributed by atoms with Crippen LogP contribution in [0.2, 0.25) is 5.28 Å². The van der Waals surface area contributed by atoms with Crippen molar-refractivity contribution in [3.8, 4) is 0 Å². The van der Waals surface area contributed by atoms with Crippen molar-refractivity contribution in [2.24, 2.45) is 14.1 Å². The van der Waals surface area contributed by atoms with Gasteiger partial charge in [0.1, 0.15) is 0 Å². The molecule has 3 rings (SSSR count). The Morgan fingerprint density at radius 3 is 2.63 bits per heavy atom. The number of aryl methyl sites for hydroxylation is 1. The molecule has 0 atom stereocenters. The van der Waals surface area contributed by atoms with Crippen molar-refractivity contribution >= 4 is 34.8 Å². The number of aromatic nitrogens is 4. The number of nitrogens with one attached hydrogen (secondary N) is 2. The van der Waals surface area contributed by atoms with Crippen molar-refractivity contribution in [1.29, 1.82) is 0 Å². The maximum atomic E-state index is 12.6. The third-order valence-corrected chi connectivity index (χ3v) is 4.48. The monoisotopic (exact) mass is 396 g/mol. The van der Waals surface area contributed by atoms with Gasteiger partial charge in [-0.05, 0) is 18.5 Å². The smallest absolute Gasteiger partial charge is 0.337 e. The van der Waals surface area contributed by atoms with Crippen LogP contribution in [0.5, 0.6) is 0 Å². The second kappa shape index (κ2) is 6.91. The van der Waals surface area contributed by atoms with Gasteiger partial charge in [-0.15, -0.1) is 0 Å². The number of allylic oxidation sites excluding steroid dienone is 1. The Balaban J connectivity index is 2.19. The van der Waals surface area contributed by atoms with Crippen LogP contribution in [-0.4, -0.2) is 43.8 Å². The van der Waals surface area contributed by atoms with Gasteiger partial charge in [0.25, 0.3) is 5.56 Å². The first kappa shape index (κ1) is 18.7. The molecule has 0 aliphatic carbocycles. The third-order valence-electron chi connectivity index (χ3n) is 4.19. The number of fused-ring (bicyclic) bond motifs is 1. The number of imidazole rings is 1. The summed E-state index contributed by atoms with van der Waals surface area (Å²) in [5.74, 6) is -0.596. The number of nitrogens with zero attached hydrogens (tertiary/aromatic N) is 4. The van der Waals surface area contributed by atoms with Crippen LogP contribution in [0.15, 0.2) is 20.9 Å². The molecule has 3 heterocycles. The van der Waals surface area contributed by atoms with Gasteiger partial charge in [0.2, 0.25) is 5.28 Å². The van der Waals surface area contributed by atoms with Crippen molar-refractivity contribution in [1.82, 2.24) is 29.3 Å². The van der Waals surface area contributed by atoms with Crippen LogP contribution >= 0.6 is 11.6 Å². The lowest BCUT2D eigenvalue weighted by atomic mass is 10.1. The third kappa shape index (κ3) is 3.10. The number of amides is 2. The van der Waals surface area contributed by atoms with Gasteiger partial charge in [-0.1, -0.05) is 0 Å². The lowest BCUT2D eigenvalue weighted by Gasteiger charge is -2.22. The second-order valence-corrected chi connectivity index (χ2v) is 6.17. The Morgan fingerprint density at radius 2 is 1.96 bits per heavy atom. The number of ether oxygens (including phenoxy) is 1. The molecule has 0 fully saturated rings. The fraction of sp³-hybridized carbons (Fsp3) is 0.400. The second-order valence-electron chi connectivity index (χ2n) is 5.83. The Hall–Kier alpha value is -3.08. The molecule has 1 aliphatic rings. The van der Waals surface area contributed by atoms with Gasteiger partial charge in [-0.2, -0.15) is 4.98 Å². The van der Waals surface area contributed by atoms with Gasteiger partial charge in [-0.3, -0.25) is 13.9 Å². The quantitative estimate of drug-likeness (QED) is 0.515. The molecule has 0 radical (unpaired) electrons. The highest BCUT2D eigenvalue weighted by Gasteiger charge is 2.26. The molecule has 2 amide bonds. The van der Waals surface area contributed by atoms with E-state index in [1.165, 1.54) is 23.2 Å². The van der Waals surface area contributed by atoms with E-state index in [-0.39, 0.29) is 47.4 Å². The van der Waals surface area contributed by atoms with Gasteiger partial charge in [0.15, 0.2) is 11.2 Å². The number of esters is 1. The van der Waals surface area contributed by atoms with Crippen LogP contribution in [0.1, 0.15) is 6.92 Å². The molecule has 2 aromatic rings. The summed E-state index contributed by atoms with van der Waals surface area (Å²) in [6, 6.07) is -0.501. The van der Waals surface area contributed by atoms with Gasteiger partial charge in [0, 0.05) is 14.1 Å². The highest BCUT2D eigenvalue weighted by atomic mass is 35.5. The molecule has 27 heavy (non-hydrogen) atoms. The number of carbonyl (C=O) groups is 2. The lowest BCUT2D eigenvalue weighted by molar-refractivity contribution is -0.138. The Labute approximate surface area is 157 Å². The van der Waals surface area contributed by atoms with Crippen molar-refractivity contribution in [2.75, 3.05) is 13.2 Å². The van der Waals surface area contributed by atoms with E-state index in [9.17, 15) is 19.2 Å². The van der Waals surface area contributed by atoms with Crippen LogP contribution in [0.25, 0.3) is 11.2 Å². The van der Waals surface area contributed by atoms with Crippen molar-refractivity contribution in [2.45, 2.75) is 13.5 Å². The Morgan fingerprint density at radius 1 is 1.26 bits per heavy atom. The maximum absolute atomic E-state index is 12.6. The SMILES string of the molecule is CCOC(=O)C1=C(Cn2c(Cl)nc3c2c(=O)n(C)c(=O)n3C)NC(=O)NC1. The summed E-state index contributed by atoms with van der Waals surface area (Å²) in [4.78, 5) is 52.6. The molecule has 0 spiro atoms. The van der Waals surface area contributed by atoms with Gasteiger partial charge < -0.3 is 19.9 Å². The number of carbonyl (C=O) groups excluding carboxylic acids is 2. The molecule has 0 bridgehead atoms. The highest BCUT2D eigenvalue weighted by molar-refractivity contribution is 6.29. The fourth-order valence-corrected chi connectivity index (χ4v) is 3.03. The first-order valence-electron chi connectivity index (χ1n) is 8.02. The number of hydrogen-bond donors (Lipinski definition) is 2. The summed E-state index contributed by atoms with van der Waals surface area (Å²) < 4.78 is 8.46. The molecule has 2 N–H and O–H groups in total. The van der Waals surface area contributed by atoms with E-state index in [4.69, 9.17) is 16.3 Å². The predicted molar refractivity (Wildman–Crippen MR) is 95.4 cm³/mol. The normalized spacial score (nSPS) is 14.3. The van der Waals surface area contributed by atoms with Gasteiger partial charge >= 0.3 is 17.7 Å². The molecule has 2 aromatic heterocycles. The van der Waals surface area contributed by atoms with Crippen LogP contribution in [0, 0.1) is 0 Å². The number of urea groups is 1. The van der Waals surface area contributed by atoms with Crippen LogP contribution in [-0.2, 0) is 30.2 Å². The largest absolute Gasteiger partial charge is 0.463 e. The molecule has 0 saturated heterocycles. The number of rotatable bonds is 4. The number of hydrogen-bond acceptors (Lipinski definition) is 6. The van der Waals surface area contributed by atoms with Crippen LogP contribution < -0.4 is 21.9 Å². The summed E-state index contributed by atoms with van der Waals surface area (Å²) in [5.41, 5.74) is -0.522. The molecule has 0 saturated carbocycles. The predicted octanol–water partition coefficient (Wildman–Crippen LogP) is -0.783. The minimum atomic E-state index is -0.596. The van der Waals surface area contributed by atoms with Gasteiger partial charge in [0.05, 0.1) is 31.0 Å². The molecule has 0 aromatic carbocycles. The highest BCUT2D eigenvalue weighted by Crippen LogP contribution is 2.19. The minimum Gasteiger partial charge on any atom is -0.463 e. The van der Waals surface area contributed by atoms with Crippen molar-refractivity contribution in [3.63, 3.8) is 0 Å². The first-order chi connectivity index (χ1) is 12.8. The van der Waals surface area contributed by atoms with E-state index in [2.05, 4.69) is 15.6 Å². The molecule has 144 valence electrons. The van der Waals surface area contributed by atoms with E-state index in [1.807, 2.05) is 0 Å². The summed E-state index contributed by atoms with van der Waals surface area (Å²) >= 11 is 6.18. The summed E-state index contributed by atoms with van der Waals surface area (Å²) in [6.45, 7) is 1.70. The maximum Gasteiger partial charge on any atom is 0.337 e. The van der Waals surface area contributed by atoms with Crippen molar-refractivity contribution < 1.29 is 14.3 Å². The lowest BCUT2D eigenvalue weighted by Crippen LogP contribution is -2.45. The van der Waals surface area contributed by atoms with E-state index in [0.29, 0.717) is 0 Å². The standard InChI is InChI=1S/C15H17ClN6O5/c1-4-27-12(24)7-5-17-14(25)18-8(7)6-22-9-10(19-13(22)16)20(2)15(26)21(3)11(9)23/h4-6H2,1-3H3,(H2,17,18,25). The van der Waals surface area contributed by atoms with E-state index < -0.39 is 23.2 Å². The average molecular weight is 397 g/mol. The molecule has 0 unspecified atom stereocenters. The fourth-order valence-electron chi connectivity index (χ4n) is 2.80. The molecular formula is C15H17ClN6O5. The molecule has 11 nitrogen and oxygen atoms in total. The van der Waals surface area contributed by atoms with E-state index in [0.717, 1.165) is 4.57 Å². The molecular weight excluding hydrogens is 380 g/mol. The zero-order valence-corrected chi connectivity index (χ0v) is 15.6. The Bertz CT molecular complexity index is 1110. The number of halogens is 1. The van der Waals surface area contributed by atoms with Crippen LogP contribution in [0.3, 0.4) is 0 Å². The Kier molecular flexibility index (Phi) is 4.79. The van der Waals surface area contributed by atoms with E-state index >= 15 is 0 Å². The topological polar surface area (TPSA) is 129 Å². The van der Waals surface area contributed by atoms with Gasteiger partial charge in [-0.25, -0.2) is 14.4 Å². The molecule has 1 aliphatic heterocycles. The summed E-state index contributed by atoms with van der Waals surface area (Å²) in [6.07, 6.45) is 0. The minimum absolute atomic E-state index is 0.0270. The van der Waals surface area contributed by atoms with E-state index in [1.54, 1.807) is 6.92 Å².